The molecule has 0 N–H and O–H groups in total. The summed E-state index contributed by atoms with van der Waals surface area (Å²) >= 11 is 14.8. The maximum atomic E-state index is 6.59. The van der Waals surface area contributed by atoms with Crippen molar-refractivity contribution in [1.82, 2.24) is 9.38 Å². The summed E-state index contributed by atoms with van der Waals surface area (Å²) in [6, 6.07) is 24.2. The van der Waals surface area contributed by atoms with Crippen LogP contribution in [0.3, 0.4) is 0 Å². The summed E-state index contributed by atoms with van der Waals surface area (Å²) in [5.41, 5.74) is 6.22. The Kier molecular flexibility index (Phi) is 4.67. The molecule has 0 unspecified atom stereocenters. The lowest BCUT2D eigenvalue weighted by Gasteiger charge is -2.08. The minimum Gasteiger partial charge on any atom is -0.289 e. The molecule has 0 saturated carbocycles. The van der Waals surface area contributed by atoms with E-state index in [0.29, 0.717) is 10.0 Å². The third-order valence-corrected chi connectivity index (χ3v) is 6.66. The van der Waals surface area contributed by atoms with Crippen molar-refractivity contribution >= 4 is 39.5 Å². The Labute approximate surface area is 183 Å². The zero-order valence-electron chi connectivity index (χ0n) is 15.6. The molecule has 0 aliphatic carbocycles. The van der Waals surface area contributed by atoms with E-state index in [0.717, 1.165) is 37.9 Å². The van der Waals surface area contributed by atoms with E-state index >= 15 is 0 Å². The molecule has 29 heavy (non-hydrogen) atoms. The van der Waals surface area contributed by atoms with Gasteiger partial charge in [-0.15, -0.1) is 0 Å². The van der Waals surface area contributed by atoms with Gasteiger partial charge in [0.25, 0.3) is 0 Å². The maximum Gasteiger partial charge on any atom is 0.195 e. The molecule has 2 heterocycles. The molecule has 0 amide bonds. The molecule has 0 spiro atoms. The third-order valence-electron chi connectivity index (χ3n) is 4.92. The smallest absolute Gasteiger partial charge is 0.195 e. The molecular weight excluding hydrogens is 419 g/mol. The van der Waals surface area contributed by atoms with Crippen LogP contribution >= 0.6 is 34.5 Å². The predicted octanol–water partition coefficient (Wildman–Crippen LogP) is 8.01. The van der Waals surface area contributed by atoms with Gasteiger partial charge in [0.2, 0.25) is 0 Å². The van der Waals surface area contributed by atoms with E-state index in [-0.39, 0.29) is 0 Å². The summed E-state index contributed by atoms with van der Waals surface area (Å²) < 4.78 is 2.12. The van der Waals surface area contributed by atoms with Gasteiger partial charge in [0, 0.05) is 32.9 Å². The maximum absolute atomic E-state index is 6.59. The van der Waals surface area contributed by atoms with Crippen molar-refractivity contribution in [2.75, 3.05) is 0 Å². The van der Waals surface area contributed by atoms with Gasteiger partial charge < -0.3 is 0 Å². The van der Waals surface area contributed by atoms with E-state index in [2.05, 4.69) is 41.8 Å². The quantitative estimate of drug-likeness (QED) is 0.281. The van der Waals surface area contributed by atoms with Crippen LogP contribution in [0.25, 0.3) is 37.9 Å². The van der Waals surface area contributed by atoms with E-state index in [1.807, 2.05) is 48.5 Å². The highest BCUT2D eigenvalue weighted by molar-refractivity contribution is 7.21. The van der Waals surface area contributed by atoms with Gasteiger partial charge in [-0.1, -0.05) is 101 Å². The Morgan fingerprint density at radius 3 is 2.07 bits per heavy atom. The Hall–Kier alpha value is -2.59. The molecule has 0 aliphatic rings. The van der Waals surface area contributed by atoms with Gasteiger partial charge in [-0.2, -0.15) is 0 Å². The molecule has 0 atom stereocenters. The average molecular weight is 435 g/mol. The van der Waals surface area contributed by atoms with Gasteiger partial charge in [-0.25, -0.2) is 4.98 Å². The summed E-state index contributed by atoms with van der Waals surface area (Å²) in [6.45, 7) is 2.08. The number of rotatable bonds is 3. The predicted molar refractivity (Wildman–Crippen MR) is 124 cm³/mol. The molecule has 0 fully saturated rings. The molecule has 0 radical (unpaired) electrons. The van der Waals surface area contributed by atoms with E-state index < -0.39 is 0 Å². The van der Waals surface area contributed by atoms with Crippen LogP contribution in [-0.2, 0) is 0 Å². The summed E-state index contributed by atoms with van der Waals surface area (Å²) in [5, 5.41) is 1.41. The number of nitrogens with zero attached hydrogens (tertiary/aromatic N) is 2. The van der Waals surface area contributed by atoms with E-state index in [9.17, 15) is 0 Å². The normalized spacial score (nSPS) is 11.3. The van der Waals surface area contributed by atoms with Crippen LogP contribution in [0.4, 0.5) is 0 Å². The molecule has 2 aromatic heterocycles. The van der Waals surface area contributed by atoms with Crippen LogP contribution in [0, 0.1) is 6.92 Å². The molecule has 0 saturated heterocycles. The number of halogens is 2. The van der Waals surface area contributed by atoms with Crippen molar-refractivity contribution in [2.24, 2.45) is 0 Å². The highest BCUT2D eigenvalue weighted by Crippen LogP contribution is 2.44. The molecule has 5 aromatic rings. The molecule has 0 bridgehead atoms. The number of imidazole rings is 1. The first-order valence-corrected chi connectivity index (χ1v) is 10.8. The first-order valence-electron chi connectivity index (χ1n) is 9.20. The summed E-state index contributed by atoms with van der Waals surface area (Å²) in [5.74, 6) is 0. The van der Waals surface area contributed by atoms with Crippen LogP contribution in [0.15, 0.2) is 79.0 Å². The fraction of sp³-hybridized carbons (Fsp3) is 0.0417. The fourth-order valence-electron chi connectivity index (χ4n) is 3.44. The Bertz CT molecular complexity index is 1330. The highest BCUT2D eigenvalue weighted by Gasteiger charge is 2.21. The number of benzene rings is 3. The van der Waals surface area contributed by atoms with Crippen molar-refractivity contribution in [3.8, 4) is 33.0 Å². The Morgan fingerprint density at radius 1 is 0.793 bits per heavy atom. The highest BCUT2D eigenvalue weighted by atomic mass is 35.5. The summed E-state index contributed by atoms with van der Waals surface area (Å²) in [7, 11) is 0. The fourth-order valence-corrected chi connectivity index (χ4v) is 5.11. The lowest BCUT2D eigenvalue weighted by molar-refractivity contribution is 1.24. The van der Waals surface area contributed by atoms with Crippen molar-refractivity contribution in [3.05, 3.63) is 94.6 Å². The molecule has 142 valence electrons. The minimum atomic E-state index is 0.700. The number of aryl methyl sites for hydroxylation is 1. The van der Waals surface area contributed by atoms with Crippen LogP contribution in [0.1, 0.15) is 5.56 Å². The van der Waals surface area contributed by atoms with Gasteiger partial charge in [-0.3, -0.25) is 4.40 Å². The van der Waals surface area contributed by atoms with E-state index in [4.69, 9.17) is 28.2 Å². The van der Waals surface area contributed by atoms with Crippen LogP contribution in [0.5, 0.6) is 0 Å². The molecule has 2 nitrogen and oxygen atoms in total. The zero-order chi connectivity index (χ0) is 20.0. The monoisotopic (exact) mass is 434 g/mol. The second-order valence-corrected chi connectivity index (χ2v) is 8.68. The average Bonchev–Trinajstić information content (AvgIpc) is 3.28. The van der Waals surface area contributed by atoms with Gasteiger partial charge in [0.1, 0.15) is 0 Å². The van der Waals surface area contributed by atoms with E-state index in [1.165, 1.54) is 5.56 Å². The lowest BCUT2D eigenvalue weighted by Crippen LogP contribution is -1.89. The number of hydrogen-bond acceptors (Lipinski definition) is 2. The first kappa shape index (κ1) is 18.4. The van der Waals surface area contributed by atoms with Crippen LogP contribution in [0.2, 0.25) is 10.0 Å². The largest absolute Gasteiger partial charge is 0.289 e. The van der Waals surface area contributed by atoms with E-state index in [1.54, 1.807) is 11.3 Å². The Balaban J connectivity index is 1.79. The lowest BCUT2D eigenvalue weighted by atomic mass is 10.1. The molecule has 5 rings (SSSR count). The van der Waals surface area contributed by atoms with Crippen LogP contribution < -0.4 is 0 Å². The molecule has 3 aromatic carbocycles. The SMILES string of the molecule is Cc1ccc(-c2cn3c(-c4ccccc4Cl)c(-c4ccccc4Cl)sc3n2)cc1. The topological polar surface area (TPSA) is 17.3 Å². The second kappa shape index (κ2) is 7.34. The molecular formula is C24H16Cl2N2S. The summed E-state index contributed by atoms with van der Waals surface area (Å²) in [4.78, 5) is 6.86. The van der Waals surface area contributed by atoms with Gasteiger partial charge in [0.15, 0.2) is 4.96 Å². The van der Waals surface area contributed by atoms with Gasteiger partial charge >= 0.3 is 0 Å². The van der Waals surface area contributed by atoms with Crippen molar-refractivity contribution in [1.29, 1.82) is 0 Å². The number of hydrogen-bond donors (Lipinski definition) is 0. The zero-order valence-corrected chi connectivity index (χ0v) is 17.9. The number of thiazole rings is 1. The number of fused-ring (bicyclic) bond motifs is 1. The molecule has 5 heteroatoms. The summed E-state index contributed by atoms with van der Waals surface area (Å²) in [6.07, 6.45) is 2.08. The van der Waals surface area contributed by atoms with Crippen molar-refractivity contribution in [3.63, 3.8) is 0 Å². The van der Waals surface area contributed by atoms with Crippen molar-refractivity contribution in [2.45, 2.75) is 6.92 Å². The van der Waals surface area contributed by atoms with Gasteiger partial charge in [-0.05, 0) is 19.1 Å². The Morgan fingerprint density at radius 2 is 1.41 bits per heavy atom. The van der Waals surface area contributed by atoms with Gasteiger partial charge in [0.05, 0.1) is 16.3 Å². The second-order valence-electron chi connectivity index (χ2n) is 6.88. The first-order chi connectivity index (χ1) is 14.1. The van der Waals surface area contributed by atoms with Crippen molar-refractivity contribution < 1.29 is 0 Å². The van der Waals surface area contributed by atoms with Crippen LogP contribution in [-0.4, -0.2) is 9.38 Å². The number of aromatic nitrogens is 2. The minimum absolute atomic E-state index is 0.700. The molecule has 0 aliphatic heterocycles. The third kappa shape index (κ3) is 3.25. The standard InChI is InChI=1S/C24H16Cl2N2S/c1-15-10-12-16(13-11-15)21-14-28-22(17-6-2-4-8-19(17)25)23(29-24(28)27-21)18-7-3-5-9-20(18)26/h2-14H,1H3.